The van der Waals surface area contributed by atoms with Gasteiger partial charge < -0.3 is 14.4 Å². The fourth-order valence-electron chi connectivity index (χ4n) is 2.52. The fraction of sp³-hybridized carbons (Fsp3) is 0.375. The molecule has 3 rings (SSSR count). The highest BCUT2D eigenvalue weighted by atomic mass is 19.1. The first kappa shape index (κ1) is 17.0. The summed E-state index contributed by atoms with van der Waals surface area (Å²) in [5.41, 5.74) is -0.376. The van der Waals surface area contributed by atoms with E-state index in [-0.39, 0.29) is 17.8 Å². The number of methoxy groups -OCH3 is 1. The van der Waals surface area contributed by atoms with Gasteiger partial charge in [0.2, 0.25) is 0 Å². The van der Waals surface area contributed by atoms with Gasteiger partial charge in [0.25, 0.3) is 5.91 Å². The largest absolute Gasteiger partial charge is 0.494 e. The minimum absolute atomic E-state index is 0.150. The Morgan fingerprint density at radius 3 is 2.44 bits per heavy atom. The summed E-state index contributed by atoms with van der Waals surface area (Å²) in [6.45, 7) is 0.746. The first-order chi connectivity index (χ1) is 12.1. The van der Waals surface area contributed by atoms with Gasteiger partial charge in [-0.05, 0) is 0 Å². The van der Waals surface area contributed by atoms with Gasteiger partial charge in [0.1, 0.15) is 11.9 Å². The summed E-state index contributed by atoms with van der Waals surface area (Å²) >= 11 is 0. The van der Waals surface area contributed by atoms with Crippen LogP contribution in [0.4, 0.5) is 8.78 Å². The Bertz CT molecular complexity index is 750. The molecule has 0 bridgehead atoms. The Hall–Kier alpha value is -2.84. The Balaban J connectivity index is 1.56. The molecule has 0 aromatic carbocycles. The molecule has 0 unspecified atom stereocenters. The number of rotatable bonds is 4. The molecule has 25 heavy (non-hydrogen) atoms. The Morgan fingerprint density at radius 2 is 1.84 bits per heavy atom. The van der Waals surface area contributed by atoms with Crippen molar-refractivity contribution in [2.24, 2.45) is 0 Å². The fourth-order valence-corrected chi connectivity index (χ4v) is 2.52. The molecular formula is C16H16F2N4O3. The van der Waals surface area contributed by atoms with Crippen LogP contribution >= 0.6 is 0 Å². The number of aromatic nitrogens is 3. The molecule has 0 saturated carbocycles. The predicted octanol–water partition coefficient (Wildman–Crippen LogP) is 1.84. The SMILES string of the molecule is COc1cnc(OC2CCN(C(=O)c3ncc(F)cc3F)CC2)nc1. The number of likely N-dealkylation sites (tertiary alicyclic amines) is 1. The average Bonchev–Trinajstić information content (AvgIpc) is 2.62. The van der Waals surface area contributed by atoms with E-state index in [9.17, 15) is 13.6 Å². The topological polar surface area (TPSA) is 77.4 Å². The molecule has 1 amide bonds. The van der Waals surface area contributed by atoms with Crippen LogP contribution in [0.25, 0.3) is 0 Å². The molecule has 0 radical (unpaired) electrons. The second kappa shape index (κ2) is 7.37. The van der Waals surface area contributed by atoms with E-state index < -0.39 is 17.5 Å². The van der Waals surface area contributed by atoms with Gasteiger partial charge in [-0.25, -0.2) is 13.8 Å². The van der Waals surface area contributed by atoms with Crippen LogP contribution in [0.5, 0.6) is 11.8 Å². The number of piperidine rings is 1. The molecule has 2 aromatic heterocycles. The Morgan fingerprint density at radius 1 is 1.16 bits per heavy atom. The third-order valence-electron chi connectivity index (χ3n) is 3.85. The van der Waals surface area contributed by atoms with E-state index in [2.05, 4.69) is 15.0 Å². The number of halogens is 2. The maximum atomic E-state index is 13.7. The van der Waals surface area contributed by atoms with Crippen molar-refractivity contribution in [2.45, 2.75) is 18.9 Å². The molecule has 132 valence electrons. The molecule has 0 N–H and O–H groups in total. The maximum absolute atomic E-state index is 13.7. The van der Waals surface area contributed by atoms with Gasteiger partial charge in [-0.15, -0.1) is 0 Å². The summed E-state index contributed by atoms with van der Waals surface area (Å²) < 4.78 is 37.2. The number of carbonyl (C=O) groups excluding carboxylic acids is 1. The zero-order chi connectivity index (χ0) is 17.8. The van der Waals surface area contributed by atoms with Crippen LogP contribution in [0, 0.1) is 11.6 Å². The smallest absolute Gasteiger partial charge is 0.316 e. The van der Waals surface area contributed by atoms with Crippen LogP contribution in [0.3, 0.4) is 0 Å². The van der Waals surface area contributed by atoms with Crippen LogP contribution < -0.4 is 9.47 Å². The molecule has 3 heterocycles. The normalized spacial score (nSPS) is 15.1. The van der Waals surface area contributed by atoms with E-state index in [0.29, 0.717) is 37.7 Å². The molecule has 0 spiro atoms. The lowest BCUT2D eigenvalue weighted by molar-refractivity contribution is 0.0568. The van der Waals surface area contributed by atoms with Crippen molar-refractivity contribution in [1.29, 1.82) is 0 Å². The second-order valence-corrected chi connectivity index (χ2v) is 5.50. The number of pyridine rings is 1. The Kier molecular flexibility index (Phi) is 5.01. The van der Waals surface area contributed by atoms with E-state index in [1.165, 1.54) is 24.4 Å². The zero-order valence-corrected chi connectivity index (χ0v) is 13.5. The van der Waals surface area contributed by atoms with Crippen molar-refractivity contribution < 1.29 is 23.0 Å². The number of nitrogens with zero attached hydrogens (tertiary/aromatic N) is 4. The highest BCUT2D eigenvalue weighted by Crippen LogP contribution is 2.19. The van der Waals surface area contributed by atoms with Crippen molar-refractivity contribution in [3.8, 4) is 11.8 Å². The van der Waals surface area contributed by atoms with Gasteiger partial charge in [-0.2, -0.15) is 9.97 Å². The van der Waals surface area contributed by atoms with E-state index in [1.54, 1.807) is 0 Å². The van der Waals surface area contributed by atoms with Gasteiger partial charge in [-0.3, -0.25) is 4.79 Å². The van der Waals surface area contributed by atoms with E-state index in [4.69, 9.17) is 9.47 Å². The van der Waals surface area contributed by atoms with Crippen molar-refractivity contribution >= 4 is 5.91 Å². The molecule has 0 atom stereocenters. The Labute approximate surface area is 142 Å². The molecule has 9 heteroatoms. The first-order valence-electron chi connectivity index (χ1n) is 7.70. The van der Waals surface area contributed by atoms with Gasteiger partial charge in [0.15, 0.2) is 17.3 Å². The number of ether oxygens (including phenoxy) is 2. The second-order valence-electron chi connectivity index (χ2n) is 5.50. The van der Waals surface area contributed by atoms with Crippen LogP contribution in [0.15, 0.2) is 24.7 Å². The zero-order valence-electron chi connectivity index (χ0n) is 13.5. The maximum Gasteiger partial charge on any atom is 0.316 e. The van der Waals surface area contributed by atoms with E-state index >= 15 is 0 Å². The molecular weight excluding hydrogens is 334 g/mol. The monoisotopic (exact) mass is 350 g/mol. The van der Waals surface area contributed by atoms with Gasteiger partial charge >= 0.3 is 6.01 Å². The van der Waals surface area contributed by atoms with Crippen LogP contribution in [0.2, 0.25) is 0 Å². The van der Waals surface area contributed by atoms with Crippen molar-refractivity contribution in [3.63, 3.8) is 0 Å². The molecule has 2 aromatic rings. The number of amides is 1. The standard InChI is InChI=1S/C16H16F2N4O3/c1-24-12-8-20-16(21-9-12)25-11-2-4-22(5-3-11)15(23)14-13(18)6-10(17)7-19-14/h6-9,11H,2-5H2,1H3. The quantitative estimate of drug-likeness (QED) is 0.837. The lowest BCUT2D eigenvalue weighted by Gasteiger charge is -2.31. The summed E-state index contributed by atoms with van der Waals surface area (Å²) in [6, 6.07) is 0.883. The molecule has 7 nitrogen and oxygen atoms in total. The summed E-state index contributed by atoms with van der Waals surface area (Å²) in [6.07, 6.45) is 4.78. The van der Waals surface area contributed by atoms with Crippen LogP contribution in [0.1, 0.15) is 23.3 Å². The lowest BCUT2D eigenvalue weighted by atomic mass is 10.1. The predicted molar refractivity (Wildman–Crippen MR) is 82.3 cm³/mol. The van der Waals surface area contributed by atoms with Gasteiger partial charge in [-0.1, -0.05) is 0 Å². The third-order valence-corrected chi connectivity index (χ3v) is 3.85. The van der Waals surface area contributed by atoms with Crippen LogP contribution in [-0.4, -0.2) is 52.1 Å². The van der Waals surface area contributed by atoms with Crippen molar-refractivity contribution in [3.05, 3.63) is 42.0 Å². The number of hydrogen-bond donors (Lipinski definition) is 0. The first-order valence-corrected chi connectivity index (χ1v) is 7.70. The highest BCUT2D eigenvalue weighted by Gasteiger charge is 2.27. The average molecular weight is 350 g/mol. The number of carbonyl (C=O) groups is 1. The van der Waals surface area contributed by atoms with Gasteiger partial charge in [0, 0.05) is 32.0 Å². The van der Waals surface area contributed by atoms with Crippen LogP contribution in [-0.2, 0) is 0 Å². The van der Waals surface area contributed by atoms with Gasteiger partial charge in [0.05, 0.1) is 25.7 Å². The minimum Gasteiger partial charge on any atom is -0.494 e. The molecule has 1 aliphatic rings. The van der Waals surface area contributed by atoms with Crippen molar-refractivity contribution in [2.75, 3.05) is 20.2 Å². The third kappa shape index (κ3) is 3.98. The number of hydrogen-bond acceptors (Lipinski definition) is 6. The summed E-state index contributed by atoms with van der Waals surface area (Å²) in [4.78, 5) is 25.4. The molecule has 1 fully saturated rings. The van der Waals surface area contributed by atoms with E-state index in [0.717, 1.165) is 6.20 Å². The highest BCUT2D eigenvalue weighted by molar-refractivity contribution is 5.92. The summed E-state index contributed by atoms with van der Waals surface area (Å²) in [5, 5.41) is 0. The van der Waals surface area contributed by atoms with E-state index in [1.807, 2.05) is 0 Å². The minimum atomic E-state index is -0.963. The summed E-state index contributed by atoms with van der Waals surface area (Å²) in [7, 11) is 1.52. The molecule has 0 aliphatic carbocycles. The lowest BCUT2D eigenvalue weighted by Crippen LogP contribution is -2.42. The molecule has 1 saturated heterocycles. The molecule has 1 aliphatic heterocycles. The van der Waals surface area contributed by atoms with Crippen molar-refractivity contribution in [1.82, 2.24) is 19.9 Å². The summed E-state index contributed by atoms with van der Waals surface area (Å²) in [5.74, 6) is -1.81.